The third-order valence-corrected chi connectivity index (χ3v) is 7.10. The van der Waals surface area contributed by atoms with E-state index < -0.39 is 0 Å². The van der Waals surface area contributed by atoms with E-state index in [1.54, 1.807) is 28.8 Å². The number of hydrogen-bond acceptors (Lipinski definition) is 5. The van der Waals surface area contributed by atoms with Gasteiger partial charge in [0.1, 0.15) is 4.70 Å². The Morgan fingerprint density at radius 2 is 1.97 bits per heavy atom. The molecule has 0 aliphatic carbocycles. The lowest BCUT2D eigenvalue weighted by Gasteiger charge is -2.13. The molecule has 158 valence electrons. The van der Waals surface area contributed by atoms with Crippen molar-refractivity contribution in [2.75, 3.05) is 11.1 Å². The van der Waals surface area contributed by atoms with Gasteiger partial charge in [-0.3, -0.25) is 14.2 Å². The number of thiophene rings is 1. The lowest BCUT2D eigenvalue weighted by atomic mass is 10.2. The largest absolute Gasteiger partial charge is 0.324 e. The molecule has 0 aliphatic heterocycles. The van der Waals surface area contributed by atoms with Crippen LogP contribution in [-0.4, -0.2) is 21.2 Å². The zero-order valence-electron chi connectivity index (χ0n) is 16.4. The molecule has 2 heterocycles. The van der Waals surface area contributed by atoms with Crippen LogP contribution in [-0.2, 0) is 11.3 Å². The van der Waals surface area contributed by atoms with Crippen molar-refractivity contribution >= 4 is 68.1 Å². The van der Waals surface area contributed by atoms with Gasteiger partial charge in [0.15, 0.2) is 5.16 Å². The molecule has 9 heteroatoms. The van der Waals surface area contributed by atoms with Gasteiger partial charge in [-0.25, -0.2) is 4.98 Å². The number of nitrogens with zero attached hydrogens (tertiary/aromatic N) is 2. The molecule has 31 heavy (non-hydrogen) atoms. The minimum atomic E-state index is -0.236. The molecule has 2 aromatic heterocycles. The fraction of sp³-hybridized carbons (Fsp3) is 0.136. The molecule has 1 N–H and O–H groups in total. The van der Waals surface area contributed by atoms with Gasteiger partial charge in [0.25, 0.3) is 5.56 Å². The molecule has 4 aromatic rings. The summed E-state index contributed by atoms with van der Waals surface area (Å²) in [4.78, 5) is 30.2. The van der Waals surface area contributed by atoms with E-state index in [2.05, 4.69) is 10.3 Å². The van der Waals surface area contributed by atoms with E-state index in [1.807, 2.05) is 36.6 Å². The molecule has 0 aliphatic rings. The molecule has 0 saturated heterocycles. The molecule has 5 nitrogen and oxygen atoms in total. The number of thioether (sulfide) groups is 1. The predicted octanol–water partition coefficient (Wildman–Crippen LogP) is 5.85. The Bertz CT molecular complexity index is 1330. The Kier molecular flexibility index (Phi) is 6.67. The highest BCUT2D eigenvalue weighted by molar-refractivity contribution is 7.99. The molecule has 0 bridgehead atoms. The molecule has 0 atom stereocenters. The van der Waals surface area contributed by atoms with Gasteiger partial charge in [-0.05, 0) is 47.7 Å². The monoisotopic (exact) mass is 489 g/mol. The molecular weight excluding hydrogens is 473 g/mol. The smallest absolute Gasteiger partial charge is 0.272 e. The zero-order valence-corrected chi connectivity index (χ0v) is 19.5. The highest BCUT2D eigenvalue weighted by Gasteiger charge is 2.16. The molecule has 0 spiro atoms. The van der Waals surface area contributed by atoms with Crippen LogP contribution in [0.25, 0.3) is 10.2 Å². The Morgan fingerprint density at radius 3 is 2.74 bits per heavy atom. The van der Waals surface area contributed by atoms with Gasteiger partial charge in [-0.15, -0.1) is 11.3 Å². The Labute approximate surface area is 197 Å². The predicted molar refractivity (Wildman–Crippen MR) is 130 cm³/mol. The molecule has 1 amide bonds. The van der Waals surface area contributed by atoms with E-state index in [1.165, 1.54) is 23.1 Å². The average molecular weight is 490 g/mol. The normalized spacial score (nSPS) is 11.1. The van der Waals surface area contributed by atoms with Crippen LogP contribution in [0.5, 0.6) is 0 Å². The minimum absolute atomic E-state index is 0.0782. The van der Waals surface area contributed by atoms with Crippen LogP contribution in [0, 0.1) is 6.92 Å². The summed E-state index contributed by atoms with van der Waals surface area (Å²) in [6.07, 6.45) is 0. The lowest BCUT2D eigenvalue weighted by molar-refractivity contribution is -0.113. The van der Waals surface area contributed by atoms with E-state index in [-0.39, 0.29) is 23.8 Å². The summed E-state index contributed by atoms with van der Waals surface area (Å²) >= 11 is 15.1. The van der Waals surface area contributed by atoms with Gasteiger partial charge in [0, 0.05) is 5.02 Å². The second kappa shape index (κ2) is 9.44. The topological polar surface area (TPSA) is 64.0 Å². The standard InChI is InChI=1S/C22H17Cl2N3O2S2/c1-13-6-7-17(16(24)10-13)25-19(28)12-31-22-26-18-8-9-30-20(18)21(29)27(22)11-14-4-2-3-5-15(14)23/h2-10H,11-12H2,1H3,(H,25,28). The van der Waals surface area contributed by atoms with Crippen LogP contribution in [0.15, 0.2) is 63.9 Å². The van der Waals surface area contributed by atoms with Gasteiger partial charge in [0.2, 0.25) is 5.91 Å². The highest BCUT2D eigenvalue weighted by atomic mass is 35.5. The maximum atomic E-state index is 13.1. The summed E-state index contributed by atoms with van der Waals surface area (Å²) in [6.45, 7) is 2.20. The molecule has 0 unspecified atom stereocenters. The van der Waals surface area contributed by atoms with Crippen molar-refractivity contribution in [3.8, 4) is 0 Å². The maximum Gasteiger partial charge on any atom is 0.272 e. The van der Waals surface area contributed by atoms with Crippen LogP contribution < -0.4 is 10.9 Å². The van der Waals surface area contributed by atoms with Crippen molar-refractivity contribution in [2.24, 2.45) is 0 Å². The maximum absolute atomic E-state index is 13.1. The van der Waals surface area contributed by atoms with Crippen molar-refractivity contribution in [3.05, 3.63) is 85.4 Å². The van der Waals surface area contributed by atoms with Gasteiger partial charge in [-0.2, -0.15) is 0 Å². The van der Waals surface area contributed by atoms with Crippen LogP contribution >= 0.6 is 46.3 Å². The van der Waals surface area contributed by atoms with Crippen LogP contribution in [0.3, 0.4) is 0 Å². The molecule has 0 fully saturated rings. The van der Waals surface area contributed by atoms with E-state index in [4.69, 9.17) is 23.2 Å². The fourth-order valence-electron chi connectivity index (χ4n) is 3.01. The first-order chi connectivity index (χ1) is 14.9. The number of aryl methyl sites for hydroxylation is 1. The Balaban J connectivity index is 1.59. The second-order valence-electron chi connectivity index (χ2n) is 6.83. The molecule has 2 aromatic carbocycles. The van der Waals surface area contributed by atoms with Crippen molar-refractivity contribution in [3.63, 3.8) is 0 Å². The summed E-state index contributed by atoms with van der Waals surface area (Å²) in [5.74, 6) is -0.158. The quantitative estimate of drug-likeness (QED) is 0.272. The number of halogens is 2. The van der Waals surface area contributed by atoms with Crippen molar-refractivity contribution in [1.82, 2.24) is 9.55 Å². The fourth-order valence-corrected chi connectivity index (χ4v) is 5.06. The number of nitrogens with one attached hydrogen (secondary N) is 1. The van der Waals surface area contributed by atoms with Crippen LogP contribution in [0.1, 0.15) is 11.1 Å². The van der Waals surface area contributed by atoms with Crippen molar-refractivity contribution in [2.45, 2.75) is 18.6 Å². The van der Waals surface area contributed by atoms with Crippen molar-refractivity contribution < 1.29 is 4.79 Å². The summed E-state index contributed by atoms with van der Waals surface area (Å²) < 4.78 is 2.14. The second-order valence-corrected chi connectivity index (χ2v) is 9.51. The number of rotatable bonds is 6. The number of amides is 1. The number of carbonyl (C=O) groups excluding carboxylic acids is 1. The number of hydrogen-bond donors (Lipinski definition) is 1. The third-order valence-electron chi connectivity index (χ3n) is 4.55. The lowest BCUT2D eigenvalue weighted by Crippen LogP contribution is -2.24. The van der Waals surface area contributed by atoms with Gasteiger partial charge >= 0.3 is 0 Å². The van der Waals surface area contributed by atoms with E-state index in [0.29, 0.717) is 31.1 Å². The van der Waals surface area contributed by atoms with Crippen molar-refractivity contribution in [1.29, 1.82) is 0 Å². The van der Waals surface area contributed by atoms with Crippen LogP contribution in [0.4, 0.5) is 5.69 Å². The number of benzene rings is 2. The number of fused-ring (bicyclic) bond motifs is 1. The SMILES string of the molecule is Cc1ccc(NC(=O)CSc2nc3ccsc3c(=O)n2Cc2ccccc2Cl)c(Cl)c1. The van der Waals surface area contributed by atoms with Gasteiger partial charge in [-0.1, -0.05) is 59.2 Å². The molecule has 0 radical (unpaired) electrons. The van der Waals surface area contributed by atoms with E-state index in [9.17, 15) is 9.59 Å². The summed E-state index contributed by atoms with van der Waals surface area (Å²) in [5.41, 5.74) is 2.84. The zero-order chi connectivity index (χ0) is 22.0. The Hall–Kier alpha value is -2.32. The highest BCUT2D eigenvalue weighted by Crippen LogP contribution is 2.25. The number of carbonyl (C=O) groups is 1. The third kappa shape index (κ3) is 4.96. The molecule has 4 rings (SSSR count). The van der Waals surface area contributed by atoms with E-state index in [0.717, 1.165) is 11.1 Å². The summed E-state index contributed by atoms with van der Waals surface area (Å²) in [7, 11) is 0. The first kappa shape index (κ1) is 21.9. The number of anilines is 1. The Morgan fingerprint density at radius 1 is 1.16 bits per heavy atom. The minimum Gasteiger partial charge on any atom is -0.324 e. The first-order valence-corrected chi connectivity index (χ1v) is 11.9. The molecule has 0 saturated carbocycles. The summed E-state index contributed by atoms with van der Waals surface area (Å²) in [6, 6.07) is 14.6. The summed E-state index contributed by atoms with van der Waals surface area (Å²) in [5, 5.41) is 6.15. The van der Waals surface area contributed by atoms with E-state index >= 15 is 0 Å². The molecular formula is C22H17Cl2N3O2S2. The van der Waals surface area contributed by atoms with Crippen LogP contribution in [0.2, 0.25) is 10.0 Å². The first-order valence-electron chi connectivity index (χ1n) is 9.32. The average Bonchev–Trinajstić information content (AvgIpc) is 3.21. The number of aromatic nitrogens is 2. The van der Waals surface area contributed by atoms with Gasteiger partial charge < -0.3 is 5.32 Å². The van der Waals surface area contributed by atoms with Gasteiger partial charge in [0.05, 0.1) is 28.5 Å².